The Morgan fingerprint density at radius 3 is 3.12 bits per heavy atom. The summed E-state index contributed by atoms with van der Waals surface area (Å²) in [6, 6.07) is 8.11. The fraction of sp³-hybridized carbons (Fsp3) is 0.308. The Kier molecular flexibility index (Phi) is 2.61. The topological polar surface area (TPSA) is 48.1 Å². The third-order valence-corrected chi connectivity index (χ3v) is 3.82. The first-order valence-corrected chi connectivity index (χ1v) is 6.50. The van der Waals surface area contributed by atoms with Crippen LogP contribution >= 0.6 is 11.3 Å². The van der Waals surface area contributed by atoms with Crippen molar-refractivity contribution in [2.24, 2.45) is 5.73 Å². The highest BCUT2D eigenvalue weighted by Crippen LogP contribution is 2.30. The summed E-state index contributed by atoms with van der Waals surface area (Å²) < 4.78 is 5.75. The van der Waals surface area contributed by atoms with Crippen molar-refractivity contribution in [3.05, 3.63) is 46.4 Å². The minimum atomic E-state index is -0.305. The third-order valence-electron chi connectivity index (χ3n) is 3.04. The molecule has 0 bridgehead atoms. The van der Waals surface area contributed by atoms with E-state index >= 15 is 0 Å². The van der Waals surface area contributed by atoms with Crippen LogP contribution in [0, 0.1) is 0 Å². The van der Waals surface area contributed by atoms with Gasteiger partial charge in [0.15, 0.2) is 0 Å². The third kappa shape index (κ3) is 2.18. The Balaban J connectivity index is 1.82. The van der Waals surface area contributed by atoms with Crippen molar-refractivity contribution in [2.75, 3.05) is 6.61 Å². The fourth-order valence-corrected chi connectivity index (χ4v) is 2.98. The lowest BCUT2D eigenvalue weighted by Gasteiger charge is -2.34. The van der Waals surface area contributed by atoms with E-state index < -0.39 is 0 Å². The first kappa shape index (κ1) is 10.7. The van der Waals surface area contributed by atoms with E-state index in [0.717, 1.165) is 18.6 Å². The second-order valence-electron chi connectivity index (χ2n) is 4.58. The number of benzene rings is 1. The van der Waals surface area contributed by atoms with Crippen LogP contribution in [0.3, 0.4) is 0 Å². The molecule has 1 aliphatic heterocycles. The maximum absolute atomic E-state index is 6.42. The molecule has 0 aliphatic carbocycles. The van der Waals surface area contributed by atoms with E-state index in [-0.39, 0.29) is 5.54 Å². The van der Waals surface area contributed by atoms with Crippen LogP contribution in [-0.4, -0.2) is 17.1 Å². The summed E-state index contributed by atoms with van der Waals surface area (Å²) in [6.45, 7) is 0.571. The molecule has 2 N–H and O–H groups in total. The molecule has 0 saturated heterocycles. The zero-order valence-electron chi connectivity index (χ0n) is 9.43. The van der Waals surface area contributed by atoms with Gasteiger partial charge >= 0.3 is 0 Å². The molecular formula is C13H14N2OS. The molecule has 1 unspecified atom stereocenters. The monoisotopic (exact) mass is 246 g/mol. The lowest BCUT2D eigenvalue weighted by Crippen LogP contribution is -2.51. The Bertz CT molecular complexity index is 512. The summed E-state index contributed by atoms with van der Waals surface area (Å²) in [5, 5.41) is 0. The van der Waals surface area contributed by atoms with Gasteiger partial charge in [0.2, 0.25) is 0 Å². The average molecular weight is 246 g/mol. The van der Waals surface area contributed by atoms with E-state index in [9.17, 15) is 0 Å². The molecule has 88 valence electrons. The number of hydrogen-bond acceptors (Lipinski definition) is 4. The number of ether oxygens (including phenoxy) is 1. The average Bonchev–Trinajstić information content (AvgIpc) is 2.81. The van der Waals surface area contributed by atoms with Crippen LogP contribution < -0.4 is 10.5 Å². The van der Waals surface area contributed by atoms with Crippen LogP contribution in [0.5, 0.6) is 5.75 Å². The molecular weight excluding hydrogens is 232 g/mol. The number of nitrogens with zero attached hydrogens (tertiary/aromatic N) is 1. The lowest BCUT2D eigenvalue weighted by atomic mass is 9.86. The molecule has 0 fully saturated rings. The Labute approximate surface area is 104 Å². The molecule has 2 aromatic rings. The standard InChI is InChI=1S/C13H14N2OS/c14-13(6-11-7-15-9-17-11)5-10-3-1-2-4-12(10)16-8-13/h1-4,7,9H,5-6,8,14H2. The smallest absolute Gasteiger partial charge is 0.122 e. The Morgan fingerprint density at radius 2 is 2.29 bits per heavy atom. The molecule has 1 atom stereocenters. The van der Waals surface area contributed by atoms with Gasteiger partial charge in [-0.15, -0.1) is 11.3 Å². The molecule has 4 heteroatoms. The maximum Gasteiger partial charge on any atom is 0.122 e. The van der Waals surface area contributed by atoms with Crippen molar-refractivity contribution in [2.45, 2.75) is 18.4 Å². The highest BCUT2D eigenvalue weighted by atomic mass is 32.1. The van der Waals surface area contributed by atoms with Crippen LogP contribution in [0.15, 0.2) is 36.0 Å². The molecule has 1 aromatic carbocycles. The number of hydrogen-bond donors (Lipinski definition) is 1. The van der Waals surface area contributed by atoms with Gasteiger partial charge in [-0.25, -0.2) is 0 Å². The largest absolute Gasteiger partial charge is 0.491 e. The Morgan fingerprint density at radius 1 is 1.41 bits per heavy atom. The number of aromatic nitrogens is 1. The summed E-state index contributed by atoms with van der Waals surface area (Å²) in [6.07, 6.45) is 3.58. The molecule has 17 heavy (non-hydrogen) atoms. The van der Waals surface area contributed by atoms with Crippen LogP contribution in [0.2, 0.25) is 0 Å². The quantitative estimate of drug-likeness (QED) is 0.882. The summed E-state index contributed by atoms with van der Waals surface area (Å²) in [4.78, 5) is 5.30. The van der Waals surface area contributed by atoms with Gasteiger partial charge in [-0.1, -0.05) is 18.2 Å². The number of nitrogens with two attached hydrogens (primary N) is 1. The van der Waals surface area contributed by atoms with Gasteiger partial charge in [0.1, 0.15) is 12.4 Å². The predicted molar refractivity (Wildman–Crippen MR) is 68.4 cm³/mol. The van der Waals surface area contributed by atoms with Gasteiger partial charge in [0.25, 0.3) is 0 Å². The van der Waals surface area contributed by atoms with Crippen molar-refractivity contribution >= 4 is 11.3 Å². The highest BCUT2D eigenvalue weighted by Gasteiger charge is 2.32. The molecule has 1 aliphatic rings. The second-order valence-corrected chi connectivity index (χ2v) is 5.55. The molecule has 0 radical (unpaired) electrons. The lowest BCUT2D eigenvalue weighted by molar-refractivity contribution is 0.190. The number of rotatable bonds is 2. The van der Waals surface area contributed by atoms with Gasteiger partial charge in [-0.3, -0.25) is 4.98 Å². The van der Waals surface area contributed by atoms with E-state index in [2.05, 4.69) is 11.1 Å². The van der Waals surface area contributed by atoms with Gasteiger partial charge in [-0.05, 0) is 18.1 Å². The molecule has 3 rings (SSSR count). The predicted octanol–water partition coefficient (Wildman–Crippen LogP) is 2.02. The molecule has 1 aromatic heterocycles. The minimum absolute atomic E-state index is 0.305. The Hall–Kier alpha value is -1.39. The summed E-state index contributed by atoms with van der Waals surface area (Å²) in [7, 11) is 0. The minimum Gasteiger partial charge on any atom is -0.491 e. The van der Waals surface area contributed by atoms with Gasteiger partial charge < -0.3 is 10.5 Å². The fourth-order valence-electron chi connectivity index (χ4n) is 2.23. The first-order chi connectivity index (χ1) is 8.25. The summed E-state index contributed by atoms with van der Waals surface area (Å²) >= 11 is 1.65. The van der Waals surface area contributed by atoms with Gasteiger partial charge in [0.05, 0.1) is 11.0 Å². The molecule has 0 amide bonds. The van der Waals surface area contributed by atoms with Crippen LogP contribution in [-0.2, 0) is 12.8 Å². The summed E-state index contributed by atoms with van der Waals surface area (Å²) in [5.41, 5.74) is 9.16. The van der Waals surface area contributed by atoms with Crippen LogP contribution in [0.4, 0.5) is 0 Å². The maximum atomic E-state index is 6.42. The normalized spacial score (nSPS) is 22.9. The number of para-hydroxylation sites is 1. The second kappa shape index (κ2) is 4.13. The van der Waals surface area contributed by atoms with E-state index in [1.54, 1.807) is 11.3 Å². The van der Waals surface area contributed by atoms with Crippen molar-refractivity contribution in [1.82, 2.24) is 4.98 Å². The van der Waals surface area contributed by atoms with E-state index in [1.807, 2.05) is 29.9 Å². The molecule has 3 nitrogen and oxygen atoms in total. The zero-order valence-corrected chi connectivity index (χ0v) is 10.2. The van der Waals surface area contributed by atoms with E-state index in [0.29, 0.717) is 6.61 Å². The zero-order chi connectivity index (χ0) is 11.7. The van der Waals surface area contributed by atoms with Crippen LogP contribution in [0.25, 0.3) is 0 Å². The molecule has 2 heterocycles. The van der Waals surface area contributed by atoms with Gasteiger partial charge in [-0.2, -0.15) is 0 Å². The van der Waals surface area contributed by atoms with Crippen molar-refractivity contribution in [3.8, 4) is 5.75 Å². The van der Waals surface area contributed by atoms with Crippen LogP contribution in [0.1, 0.15) is 10.4 Å². The van der Waals surface area contributed by atoms with E-state index in [1.165, 1.54) is 10.4 Å². The molecule has 0 spiro atoms. The SMILES string of the molecule is NC1(Cc2cncs2)COc2ccccc2C1. The van der Waals surface area contributed by atoms with Gasteiger partial charge in [0, 0.05) is 17.5 Å². The van der Waals surface area contributed by atoms with E-state index in [4.69, 9.17) is 10.5 Å². The number of thiazole rings is 1. The highest BCUT2D eigenvalue weighted by molar-refractivity contribution is 7.09. The van der Waals surface area contributed by atoms with Crippen molar-refractivity contribution in [3.63, 3.8) is 0 Å². The summed E-state index contributed by atoms with van der Waals surface area (Å²) in [5.74, 6) is 0.970. The number of fused-ring (bicyclic) bond motifs is 1. The first-order valence-electron chi connectivity index (χ1n) is 5.62. The van der Waals surface area contributed by atoms with Crippen molar-refractivity contribution in [1.29, 1.82) is 0 Å². The van der Waals surface area contributed by atoms with Crippen molar-refractivity contribution < 1.29 is 4.74 Å². The molecule has 0 saturated carbocycles.